The number of aliphatic hydroxyl groups is 2. The molecule has 3 atom stereocenters. The molecular formula is C9H17NO4S. The van der Waals surface area contributed by atoms with Gasteiger partial charge >= 0.3 is 0 Å². The van der Waals surface area contributed by atoms with E-state index in [-0.39, 0.29) is 25.4 Å². The lowest BCUT2D eigenvalue weighted by Crippen LogP contribution is -2.61. The zero-order chi connectivity index (χ0) is 10.7. The van der Waals surface area contributed by atoms with E-state index in [0.717, 1.165) is 11.5 Å². The van der Waals surface area contributed by atoms with Crippen LogP contribution in [0.5, 0.6) is 0 Å². The number of hydrogen-bond acceptors (Lipinski definition) is 6. The lowest BCUT2D eigenvalue weighted by molar-refractivity contribution is -0.282. The average molecular weight is 235 g/mol. The molecule has 2 rings (SSSR count). The summed E-state index contributed by atoms with van der Waals surface area (Å²) in [7, 11) is 0. The fourth-order valence-electron chi connectivity index (χ4n) is 1.87. The molecule has 88 valence electrons. The third kappa shape index (κ3) is 2.64. The quantitative estimate of drug-likeness (QED) is 0.558. The van der Waals surface area contributed by atoms with Crippen LogP contribution in [0.15, 0.2) is 0 Å². The lowest BCUT2D eigenvalue weighted by Gasteiger charge is -2.45. The molecule has 1 spiro atoms. The van der Waals surface area contributed by atoms with Gasteiger partial charge < -0.3 is 25.0 Å². The van der Waals surface area contributed by atoms with Crippen molar-refractivity contribution in [1.82, 2.24) is 5.32 Å². The van der Waals surface area contributed by atoms with Crippen molar-refractivity contribution in [2.75, 3.05) is 37.8 Å². The van der Waals surface area contributed by atoms with Crippen molar-refractivity contribution in [2.45, 2.75) is 18.0 Å². The van der Waals surface area contributed by atoms with Gasteiger partial charge in [0.2, 0.25) is 0 Å². The minimum absolute atomic E-state index is 0.00737. The molecule has 0 bridgehead atoms. The van der Waals surface area contributed by atoms with Crippen LogP contribution in [0.3, 0.4) is 0 Å². The van der Waals surface area contributed by atoms with Gasteiger partial charge in [0, 0.05) is 18.1 Å². The number of thioether (sulfide) groups is 1. The van der Waals surface area contributed by atoms with Gasteiger partial charge in [-0.3, -0.25) is 0 Å². The van der Waals surface area contributed by atoms with Gasteiger partial charge in [0.25, 0.3) is 0 Å². The first kappa shape index (κ1) is 11.6. The van der Waals surface area contributed by atoms with Crippen molar-refractivity contribution in [3.05, 3.63) is 0 Å². The Morgan fingerprint density at radius 3 is 2.73 bits per heavy atom. The van der Waals surface area contributed by atoms with E-state index in [1.165, 1.54) is 0 Å². The lowest BCUT2D eigenvalue weighted by atomic mass is 10.2. The van der Waals surface area contributed by atoms with E-state index in [4.69, 9.17) is 19.7 Å². The topological polar surface area (TPSA) is 71.0 Å². The first-order valence-corrected chi connectivity index (χ1v) is 6.29. The average Bonchev–Trinajstić information content (AvgIpc) is 2.29. The predicted molar refractivity (Wildman–Crippen MR) is 56.8 cm³/mol. The molecule has 2 heterocycles. The molecule has 0 radical (unpaired) electrons. The van der Waals surface area contributed by atoms with Gasteiger partial charge in [0.15, 0.2) is 5.79 Å². The molecule has 2 aliphatic heterocycles. The normalized spacial score (nSPS) is 42.0. The Hall–Kier alpha value is 0.150. The molecule has 6 heteroatoms. The second-order valence-corrected chi connectivity index (χ2v) is 4.93. The van der Waals surface area contributed by atoms with Crippen LogP contribution in [0.4, 0.5) is 0 Å². The summed E-state index contributed by atoms with van der Waals surface area (Å²) in [6.07, 6.45) is -0.375. The summed E-state index contributed by atoms with van der Waals surface area (Å²) in [6, 6.07) is 0. The maximum Gasteiger partial charge on any atom is 0.190 e. The van der Waals surface area contributed by atoms with Crippen LogP contribution in [-0.4, -0.2) is 66.0 Å². The zero-order valence-electron chi connectivity index (χ0n) is 8.52. The van der Waals surface area contributed by atoms with Crippen LogP contribution >= 0.6 is 11.8 Å². The van der Waals surface area contributed by atoms with Gasteiger partial charge in [-0.05, 0) is 0 Å². The molecule has 5 nitrogen and oxygen atoms in total. The zero-order valence-corrected chi connectivity index (χ0v) is 9.33. The first-order chi connectivity index (χ1) is 7.28. The molecule has 0 aromatic heterocycles. The summed E-state index contributed by atoms with van der Waals surface area (Å²) in [5.41, 5.74) is 0. The highest BCUT2D eigenvalue weighted by atomic mass is 32.2. The van der Waals surface area contributed by atoms with Gasteiger partial charge in [-0.2, -0.15) is 11.8 Å². The summed E-state index contributed by atoms with van der Waals surface area (Å²) < 4.78 is 11.5. The predicted octanol–water partition coefficient (Wildman–Crippen LogP) is -1.21. The Kier molecular flexibility index (Phi) is 3.87. The Morgan fingerprint density at radius 1 is 1.27 bits per heavy atom. The van der Waals surface area contributed by atoms with Crippen molar-refractivity contribution in [3.63, 3.8) is 0 Å². The third-order valence-electron chi connectivity index (χ3n) is 2.56. The molecule has 0 aliphatic carbocycles. The maximum atomic E-state index is 9.06. The fraction of sp³-hybridized carbons (Fsp3) is 1.00. The fourth-order valence-corrected chi connectivity index (χ4v) is 2.98. The van der Waals surface area contributed by atoms with E-state index in [9.17, 15) is 0 Å². The van der Waals surface area contributed by atoms with Gasteiger partial charge in [0.05, 0.1) is 32.0 Å². The smallest absolute Gasteiger partial charge is 0.190 e. The molecular weight excluding hydrogens is 218 g/mol. The van der Waals surface area contributed by atoms with Crippen molar-refractivity contribution in [3.8, 4) is 0 Å². The van der Waals surface area contributed by atoms with Gasteiger partial charge in [-0.25, -0.2) is 0 Å². The number of nitrogens with one attached hydrogen (secondary N) is 1. The van der Waals surface area contributed by atoms with Gasteiger partial charge in [-0.1, -0.05) is 0 Å². The van der Waals surface area contributed by atoms with Crippen molar-refractivity contribution in [1.29, 1.82) is 0 Å². The Morgan fingerprint density at radius 2 is 2.00 bits per heavy atom. The monoisotopic (exact) mass is 235 g/mol. The molecule has 3 N–H and O–H groups in total. The maximum absolute atomic E-state index is 9.06. The van der Waals surface area contributed by atoms with E-state index >= 15 is 0 Å². The second kappa shape index (κ2) is 4.99. The highest BCUT2D eigenvalue weighted by Crippen LogP contribution is 2.30. The first-order valence-electron chi connectivity index (χ1n) is 5.14. The standard InChI is InChI=1S/C9H17NO4S/c11-2-7-1-10-5-9(13-7)6-15-4-8(3-12)14-9/h7-8,10-12H,1-6H2/t7-,8+,9?/m0/s1. The van der Waals surface area contributed by atoms with Gasteiger partial charge in [0.1, 0.15) is 0 Å². The number of hydrogen-bond donors (Lipinski definition) is 3. The van der Waals surface area contributed by atoms with Crippen molar-refractivity contribution < 1.29 is 19.7 Å². The summed E-state index contributed by atoms with van der Waals surface area (Å²) in [6.45, 7) is 1.28. The molecule has 2 aliphatic rings. The molecule has 2 saturated heterocycles. The Bertz CT molecular complexity index is 194. The number of rotatable bonds is 2. The minimum atomic E-state index is -0.665. The third-order valence-corrected chi connectivity index (χ3v) is 3.81. The van der Waals surface area contributed by atoms with E-state index < -0.39 is 5.79 Å². The molecule has 2 fully saturated rings. The highest BCUT2D eigenvalue weighted by Gasteiger charge is 2.42. The molecule has 1 unspecified atom stereocenters. The van der Waals surface area contributed by atoms with Crippen LogP contribution in [0.2, 0.25) is 0 Å². The van der Waals surface area contributed by atoms with Crippen LogP contribution in [0, 0.1) is 0 Å². The van der Waals surface area contributed by atoms with E-state index in [0.29, 0.717) is 13.1 Å². The van der Waals surface area contributed by atoms with Crippen LogP contribution in [0.25, 0.3) is 0 Å². The van der Waals surface area contributed by atoms with Crippen LogP contribution < -0.4 is 5.32 Å². The van der Waals surface area contributed by atoms with Crippen molar-refractivity contribution >= 4 is 11.8 Å². The molecule has 0 saturated carbocycles. The molecule has 0 aromatic rings. The highest BCUT2D eigenvalue weighted by molar-refractivity contribution is 7.99. The van der Waals surface area contributed by atoms with Crippen molar-refractivity contribution in [2.24, 2.45) is 0 Å². The number of aliphatic hydroxyl groups excluding tert-OH is 2. The van der Waals surface area contributed by atoms with Crippen LogP contribution in [-0.2, 0) is 9.47 Å². The number of morpholine rings is 1. The minimum Gasteiger partial charge on any atom is -0.394 e. The van der Waals surface area contributed by atoms with E-state index in [1.54, 1.807) is 11.8 Å². The Balaban J connectivity index is 1.98. The number of ether oxygens (including phenoxy) is 2. The summed E-state index contributed by atoms with van der Waals surface area (Å²) >= 11 is 1.71. The molecule has 0 aromatic carbocycles. The SMILES string of the molecule is OC[C@@H]1CNCC2(CSC[C@@H](CO)O2)O1. The molecule has 15 heavy (non-hydrogen) atoms. The van der Waals surface area contributed by atoms with Crippen LogP contribution in [0.1, 0.15) is 0 Å². The summed E-state index contributed by atoms with van der Waals surface area (Å²) in [5, 5.41) is 21.3. The second-order valence-electron chi connectivity index (χ2n) is 3.90. The van der Waals surface area contributed by atoms with E-state index in [1.807, 2.05) is 0 Å². The Labute approximate surface area is 93.1 Å². The van der Waals surface area contributed by atoms with Gasteiger partial charge in [-0.15, -0.1) is 0 Å². The summed E-state index contributed by atoms with van der Waals surface area (Å²) in [4.78, 5) is 0. The molecule has 0 amide bonds. The van der Waals surface area contributed by atoms with E-state index in [2.05, 4.69) is 5.32 Å². The summed E-state index contributed by atoms with van der Waals surface area (Å²) in [5.74, 6) is 0.875. The largest absolute Gasteiger partial charge is 0.394 e.